The number of hydrogen-bond acceptors (Lipinski definition) is 5. The number of likely N-dealkylation sites (N-methyl/N-ethyl adjacent to an activating group) is 1. The van der Waals surface area contributed by atoms with Gasteiger partial charge in [-0.25, -0.2) is 4.79 Å². The largest absolute Gasteiger partial charge is 0.486 e. The quantitative estimate of drug-likeness (QED) is 0.542. The van der Waals surface area contributed by atoms with Crippen LogP contribution in [0.25, 0.3) is 0 Å². The molecule has 150 valence electrons. The maximum absolute atomic E-state index is 12.3. The molecule has 3 aromatic rings. The van der Waals surface area contributed by atoms with Gasteiger partial charge in [0.2, 0.25) is 5.76 Å². The Kier molecular flexibility index (Phi) is 6.68. The van der Waals surface area contributed by atoms with Crippen LogP contribution < -0.4 is 4.74 Å². The second-order valence-electron chi connectivity index (χ2n) is 6.62. The van der Waals surface area contributed by atoms with Gasteiger partial charge in [0.25, 0.3) is 5.91 Å². The van der Waals surface area contributed by atoms with E-state index in [1.54, 1.807) is 13.1 Å². The molecule has 2 aromatic carbocycles. The van der Waals surface area contributed by atoms with Gasteiger partial charge in [-0.2, -0.15) is 0 Å². The Morgan fingerprint density at radius 3 is 2.45 bits per heavy atom. The lowest BCUT2D eigenvalue weighted by Crippen LogP contribution is -2.31. The number of para-hydroxylation sites is 1. The van der Waals surface area contributed by atoms with Crippen LogP contribution >= 0.6 is 0 Å². The summed E-state index contributed by atoms with van der Waals surface area (Å²) < 4.78 is 16.1. The highest BCUT2D eigenvalue weighted by Crippen LogP contribution is 2.15. The minimum absolute atomic E-state index is 0.0334. The zero-order valence-corrected chi connectivity index (χ0v) is 16.5. The lowest BCUT2D eigenvalue weighted by atomic mass is 10.1. The predicted octanol–water partition coefficient (Wildman–Crippen LogP) is 3.98. The third-order valence-electron chi connectivity index (χ3n) is 4.41. The Bertz CT molecular complexity index is 964. The third-order valence-corrected chi connectivity index (χ3v) is 4.41. The van der Waals surface area contributed by atoms with E-state index in [2.05, 4.69) is 0 Å². The lowest BCUT2D eigenvalue weighted by molar-refractivity contribution is -0.133. The van der Waals surface area contributed by atoms with Crippen LogP contribution in [0.2, 0.25) is 0 Å². The number of carbonyl (C=O) groups excluding carboxylic acids is 2. The Morgan fingerprint density at radius 1 is 0.966 bits per heavy atom. The van der Waals surface area contributed by atoms with Crippen molar-refractivity contribution in [3.63, 3.8) is 0 Å². The van der Waals surface area contributed by atoms with E-state index in [1.165, 1.54) is 11.0 Å². The molecule has 0 fully saturated rings. The highest BCUT2D eigenvalue weighted by molar-refractivity contribution is 5.88. The zero-order valence-electron chi connectivity index (χ0n) is 16.5. The maximum atomic E-state index is 12.3. The molecule has 1 heterocycles. The molecule has 0 bridgehead atoms. The fraction of sp³-hybridized carbons (Fsp3) is 0.217. The highest BCUT2D eigenvalue weighted by Gasteiger charge is 2.17. The highest BCUT2D eigenvalue weighted by atomic mass is 16.6. The van der Waals surface area contributed by atoms with Crippen molar-refractivity contribution in [3.05, 3.63) is 89.4 Å². The summed E-state index contributed by atoms with van der Waals surface area (Å²) in [7, 11) is 1.68. The molecule has 6 nitrogen and oxygen atoms in total. The zero-order chi connectivity index (χ0) is 20.6. The summed E-state index contributed by atoms with van der Waals surface area (Å²) in [5.74, 6) is 0.250. The first-order chi connectivity index (χ1) is 14.0. The molecule has 0 aliphatic carbocycles. The van der Waals surface area contributed by atoms with Crippen molar-refractivity contribution < 1.29 is 23.5 Å². The number of benzene rings is 2. The van der Waals surface area contributed by atoms with Crippen molar-refractivity contribution in [2.45, 2.75) is 20.1 Å². The van der Waals surface area contributed by atoms with E-state index in [-0.39, 0.29) is 24.9 Å². The van der Waals surface area contributed by atoms with Crippen molar-refractivity contribution >= 4 is 11.9 Å². The SMILES string of the molecule is Cc1ccccc1CN(C)C(=O)COC(=O)c1ccc(COc2ccccc2)o1. The molecule has 0 N–H and O–H groups in total. The molecule has 3 rings (SSSR count). The summed E-state index contributed by atoms with van der Waals surface area (Å²) in [6.07, 6.45) is 0. The summed E-state index contributed by atoms with van der Waals surface area (Å²) in [6, 6.07) is 20.3. The molecule has 29 heavy (non-hydrogen) atoms. The van der Waals surface area contributed by atoms with Crippen molar-refractivity contribution in [2.24, 2.45) is 0 Å². The molecule has 0 saturated carbocycles. The van der Waals surface area contributed by atoms with Gasteiger partial charge < -0.3 is 18.8 Å². The molecule has 0 spiro atoms. The van der Waals surface area contributed by atoms with Crippen molar-refractivity contribution in [1.29, 1.82) is 0 Å². The first-order valence-corrected chi connectivity index (χ1v) is 9.25. The van der Waals surface area contributed by atoms with Gasteiger partial charge in [-0.15, -0.1) is 0 Å². The molecule has 1 amide bonds. The molecule has 1 aromatic heterocycles. The van der Waals surface area contributed by atoms with E-state index in [4.69, 9.17) is 13.9 Å². The maximum Gasteiger partial charge on any atom is 0.374 e. The molecule has 0 aliphatic heterocycles. The number of rotatable bonds is 8. The number of esters is 1. The number of carbonyl (C=O) groups is 2. The normalized spacial score (nSPS) is 10.4. The monoisotopic (exact) mass is 393 g/mol. The molecule has 0 aliphatic rings. The summed E-state index contributed by atoms with van der Waals surface area (Å²) in [6.45, 7) is 2.28. The topological polar surface area (TPSA) is 69.0 Å². The van der Waals surface area contributed by atoms with E-state index in [1.807, 2.05) is 61.5 Å². The van der Waals surface area contributed by atoms with Gasteiger partial charge in [-0.05, 0) is 42.3 Å². The lowest BCUT2D eigenvalue weighted by Gasteiger charge is -2.18. The Balaban J connectivity index is 1.47. The Labute approximate surface area is 169 Å². The van der Waals surface area contributed by atoms with E-state index in [0.717, 1.165) is 11.1 Å². The number of hydrogen-bond donors (Lipinski definition) is 0. The predicted molar refractivity (Wildman–Crippen MR) is 107 cm³/mol. The van der Waals surface area contributed by atoms with Gasteiger partial charge in [0, 0.05) is 13.6 Å². The first kappa shape index (κ1) is 20.2. The van der Waals surface area contributed by atoms with Crippen LogP contribution in [0.1, 0.15) is 27.4 Å². The summed E-state index contributed by atoms with van der Waals surface area (Å²) in [5, 5.41) is 0. The van der Waals surface area contributed by atoms with Crippen molar-refractivity contribution in [1.82, 2.24) is 4.90 Å². The van der Waals surface area contributed by atoms with Crippen LogP contribution in [0.3, 0.4) is 0 Å². The van der Waals surface area contributed by atoms with Gasteiger partial charge in [0.05, 0.1) is 0 Å². The van der Waals surface area contributed by atoms with Crippen LogP contribution in [-0.2, 0) is 22.7 Å². The number of amides is 1. The van der Waals surface area contributed by atoms with Crippen molar-refractivity contribution in [2.75, 3.05) is 13.7 Å². The minimum atomic E-state index is -0.686. The average molecular weight is 393 g/mol. The van der Waals surface area contributed by atoms with Crippen molar-refractivity contribution in [3.8, 4) is 5.75 Å². The van der Waals surface area contributed by atoms with E-state index >= 15 is 0 Å². The Morgan fingerprint density at radius 2 is 1.69 bits per heavy atom. The van der Waals surface area contributed by atoms with Crippen LogP contribution in [0.15, 0.2) is 71.1 Å². The van der Waals surface area contributed by atoms with Gasteiger partial charge in [-0.3, -0.25) is 4.79 Å². The average Bonchev–Trinajstić information content (AvgIpc) is 3.22. The fourth-order valence-corrected chi connectivity index (χ4v) is 2.68. The fourth-order valence-electron chi connectivity index (χ4n) is 2.68. The Hall–Kier alpha value is -3.54. The van der Waals surface area contributed by atoms with Gasteiger partial charge in [0.15, 0.2) is 6.61 Å². The third kappa shape index (κ3) is 5.72. The van der Waals surface area contributed by atoms with Gasteiger partial charge in [-0.1, -0.05) is 42.5 Å². The number of aryl methyl sites for hydroxylation is 1. The van der Waals surface area contributed by atoms with Gasteiger partial charge >= 0.3 is 5.97 Å². The molecule has 0 unspecified atom stereocenters. The number of ether oxygens (including phenoxy) is 2. The standard InChI is InChI=1S/C23H23NO5/c1-17-8-6-7-9-18(17)14-24(2)22(25)16-28-23(26)21-13-12-20(29-21)15-27-19-10-4-3-5-11-19/h3-13H,14-16H2,1-2H3. The van der Waals surface area contributed by atoms with Crippen LogP contribution in [0, 0.1) is 6.92 Å². The second-order valence-corrected chi connectivity index (χ2v) is 6.62. The molecular weight excluding hydrogens is 370 g/mol. The van der Waals surface area contributed by atoms with Crippen LogP contribution in [0.5, 0.6) is 5.75 Å². The van der Waals surface area contributed by atoms with Crippen LogP contribution in [0.4, 0.5) is 0 Å². The second kappa shape index (κ2) is 9.59. The van der Waals surface area contributed by atoms with Gasteiger partial charge in [0.1, 0.15) is 18.1 Å². The van der Waals surface area contributed by atoms with E-state index < -0.39 is 5.97 Å². The molecule has 6 heteroatoms. The summed E-state index contributed by atoms with van der Waals surface area (Å²) in [5.41, 5.74) is 2.15. The minimum Gasteiger partial charge on any atom is -0.486 e. The molecular formula is C23H23NO5. The first-order valence-electron chi connectivity index (χ1n) is 9.25. The molecule has 0 saturated heterocycles. The smallest absolute Gasteiger partial charge is 0.374 e. The van der Waals surface area contributed by atoms with Crippen LogP contribution in [-0.4, -0.2) is 30.4 Å². The van der Waals surface area contributed by atoms with E-state index in [0.29, 0.717) is 18.1 Å². The summed E-state index contributed by atoms with van der Waals surface area (Å²) in [4.78, 5) is 25.9. The number of furan rings is 1. The van der Waals surface area contributed by atoms with E-state index in [9.17, 15) is 9.59 Å². The molecule has 0 radical (unpaired) electrons. The molecule has 0 atom stereocenters. The summed E-state index contributed by atoms with van der Waals surface area (Å²) >= 11 is 0. The number of nitrogens with zero attached hydrogens (tertiary/aromatic N) is 1.